The number of fused-ring (bicyclic) bond motifs is 1. The third-order valence-electron chi connectivity index (χ3n) is 4.65. The Morgan fingerprint density at radius 1 is 1.17 bits per heavy atom. The van der Waals surface area contributed by atoms with Gasteiger partial charge in [-0.2, -0.15) is 0 Å². The van der Waals surface area contributed by atoms with Crippen molar-refractivity contribution in [3.8, 4) is 0 Å². The minimum Gasteiger partial charge on any atom is -0.465 e. The van der Waals surface area contributed by atoms with Gasteiger partial charge < -0.3 is 26.3 Å². The van der Waals surface area contributed by atoms with Crippen molar-refractivity contribution in [3.05, 3.63) is 57.1 Å². The molecule has 0 fully saturated rings. The van der Waals surface area contributed by atoms with E-state index >= 15 is 0 Å². The number of anilines is 2. The summed E-state index contributed by atoms with van der Waals surface area (Å²) < 4.78 is 9.98. The van der Waals surface area contributed by atoms with Crippen molar-refractivity contribution < 1.29 is 23.9 Å². The third-order valence-corrected chi connectivity index (χ3v) is 5.80. The molecule has 1 amide bonds. The number of carbonyl (C=O) groups excluding carboxylic acids is 3. The highest BCUT2D eigenvalue weighted by atomic mass is 32.1. The van der Waals surface area contributed by atoms with Crippen LogP contribution < -0.4 is 16.8 Å². The Labute approximate surface area is 171 Å². The average Bonchev–Trinajstić information content (AvgIpc) is 3.02. The standard InChI is InChI=1S/C20H21N3O5S/c1-4-28-20(26)12-9(2)23-18-14(15(21)16(29-18)17(22)24)13(12)10-5-7-11(8-6-10)19(25)27-3/h5-8,13,23H,4,21H2,1-3H3,(H2,22,24). The molecule has 1 aliphatic rings. The number of rotatable bonds is 5. The molecule has 0 bridgehead atoms. The van der Waals surface area contributed by atoms with Crippen LogP contribution >= 0.6 is 11.3 Å². The molecule has 3 rings (SSSR count). The molecule has 0 saturated heterocycles. The number of benzene rings is 1. The molecule has 152 valence electrons. The normalized spacial score (nSPS) is 15.3. The van der Waals surface area contributed by atoms with Crippen LogP contribution in [-0.2, 0) is 14.3 Å². The number of primary amides is 1. The summed E-state index contributed by atoms with van der Waals surface area (Å²) in [5.74, 6) is -2.18. The summed E-state index contributed by atoms with van der Waals surface area (Å²) in [6, 6.07) is 6.66. The van der Waals surface area contributed by atoms with Gasteiger partial charge in [0.05, 0.1) is 35.5 Å². The monoisotopic (exact) mass is 415 g/mol. The molecule has 0 saturated carbocycles. The lowest BCUT2D eigenvalue weighted by Crippen LogP contribution is -2.24. The summed E-state index contributed by atoms with van der Waals surface area (Å²) in [5.41, 5.74) is 14.6. The molecular formula is C20H21N3O5S. The number of carbonyl (C=O) groups is 3. The van der Waals surface area contributed by atoms with E-state index in [0.29, 0.717) is 33.0 Å². The Morgan fingerprint density at radius 3 is 2.38 bits per heavy atom. The quantitative estimate of drug-likeness (QED) is 0.639. The first kappa shape index (κ1) is 20.4. The minimum atomic E-state index is -0.640. The number of esters is 2. The number of nitrogens with one attached hydrogen (secondary N) is 1. The van der Waals surface area contributed by atoms with E-state index in [4.69, 9.17) is 20.9 Å². The predicted molar refractivity (Wildman–Crippen MR) is 110 cm³/mol. The van der Waals surface area contributed by atoms with Crippen LogP contribution in [0.5, 0.6) is 0 Å². The zero-order valence-corrected chi connectivity index (χ0v) is 17.0. The second-order valence-electron chi connectivity index (χ2n) is 6.38. The van der Waals surface area contributed by atoms with E-state index in [2.05, 4.69) is 5.32 Å². The summed E-state index contributed by atoms with van der Waals surface area (Å²) in [5, 5.41) is 3.78. The smallest absolute Gasteiger partial charge is 0.337 e. The van der Waals surface area contributed by atoms with E-state index in [0.717, 1.165) is 11.3 Å². The van der Waals surface area contributed by atoms with Crippen molar-refractivity contribution in [2.45, 2.75) is 19.8 Å². The van der Waals surface area contributed by atoms with Crippen molar-refractivity contribution in [1.29, 1.82) is 0 Å². The number of nitrogen functional groups attached to an aromatic ring is 1. The van der Waals surface area contributed by atoms with Crippen LogP contribution in [0.25, 0.3) is 0 Å². The number of thiophene rings is 1. The van der Waals surface area contributed by atoms with Gasteiger partial charge in [0.25, 0.3) is 5.91 Å². The van der Waals surface area contributed by atoms with Crippen molar-refractivity contribution in [3.63, 3.8) is 0 Å². The van der Waals surface area contributed by atoms with Gasteiger partial charge in [-0.05, 0) is 31.5 Å². The molecule has 0 radical (unpaired) electrons. The van der Waals surface area contributed by atoms with Crippen LogP contribution in [-0.4, -0.2) is 31.6 Å². The van der Waals surface area contributed by atoms with Crippen molar-refractivity contribution in [2.24, 2.45) is 5.73 Å². The lowest BCUT2D eigenvalue weighted by atomic mass is 9.81. The first-order valence-corrected chi connectivity index (χ1v) is 9.66. The Kier molecular flexibility index (Phi) is 5.60. The predicted octanol–water partition coefficient (Wildman–Crippen LogP) is 2.61. The average molecular weight is 415 g/mol. The number of methoxy groups -OCH3 is 1. The second-order valence-corrected chi connectivity index (χ2v) is 7.40. The fraction of sp³-hybridized carbons (Fsp3) is 0.250. The molecule has 8 nitrogen and oxygen atoms in total. The van der Waals surface area contributed by atoms with E-state index in [1.807, 2.05) is 0 Å². The van der Waals surface area contributed by atoms with Gasteiger partial charge in [0.2, 0.25) is 0 Å². The number of hydrogen-bond acceptors (Lipinski definition) is 8. The molecule has 2 aromatic rings. The first-order valence-electron chi connectivity index (χ1n) is 8.85. The lowest BCUT2D eigenvalue weighted by molar-refractivity contribution is -0.138. The molecule has 9 heteroatoms. The molecule has 2 heterocycles. The highest BCUT2D eigenvalue weighted by Crippen LogP contribution is 2.50. The lowest BCUT2D eigenvalue weighted by Gasteiger charge is -2.28. The largest absolute Gasteiger partial charge is 0.465 e. The topological polar surface area (TPSA) is 134 Å². The number of amides is 1. The summed E-state index contributed by atoms with van der Waals surface area (Å²) in [7, 11) is 1.30. The third kappa shape index (κ3) is 3.56. The SMILES string of the molecule is CCOC(=O)C1=C(C)Nc2sc(C(N)=O)c(N)c2C1c1ccc(C(=O)OC)cc1. The van der Waals surface area contributed by atoms with Crippen LogP contribution in [0.2, 0.25) is 0 Å². The molecule has 1 atom stereocenters. The van der Waals surface area contributed by atoms with E-state index in [1.165, 1.54) is 7.11 Å². The fourth-order valence-electron chi connectivity index (χ4n) is 3.36. The van der Waals surface area contributed by atoms with E-state index in [-0.39, 0.29) is 17.2 Å². The number of allylic oxidation sites excluding steroid dienone is 1. The Hall–Kier alpha value is -3.33. The maximum absolute atomic E-state index is 12.8. The summed E-state index contributed by atoms with van der Waals surface area (Å²) in [6.45, 7) is 3.69. The highest BCUT2D eigenvalue weighted by molar-refractivity contribution is 7.19. The van der Waals surface area contributed by atoms with Crippen LogP contribution in [0, 0.1) is 0 Å². The van der Waals surface area contributed by atoms with E-state index in [9.17, 15) is 14.4 Å². The summed E-state index contributed by atoms with van der Waals surface area (Å²) in [6.07, 6.45) is 0. The zero-order valence-electron chi connectivity index (χ0n) is 16.2. The summed E-state index contributed by atoms with van der Waals surface area (Å²) in [4.78, 5) is 36.5. The van der Waals surface area contributed by atoms with Crippen LogP contribution in [0.3, 0.4) is 0 Å². The molecule has 0 spiro atoms. The molecule has 1 unspecified atom stereocenters. The molecule has 29 heavy (non-hydrogen) atoms. The van der Waals surface area contributed by atoms with Crippen LogP contribution in [0.15, 0.2) is 35.5 Å². The van der Waals surface area contributed by atoms with Gasteiger partial charge in [0.1, 0.15) is 4.88 Å². The van der Waals surface area contributed by atoms with Gasteiger partial charge in [-0.1, -0.05) is 12.1 Å². The molecule has 5 N–H and O–H groups in total. The van der Waals surface area contributed by atoms with Gasteiger partial charge in [-0.3, -0.25) is 4.79 Å². The van der Waals surface area contributed by atoms with Crippen molar-refractivity contribution in [2.75, 3.05) is 24.8 Å². The maximum atomic E-state index is 12.8. The molecule has 1 aromatic heterocycles. The van der Waals surface area contributed by atoms with Crippen LogP contribution in [0.1, 0.15) is 50.9 Å². The first-order chi connectivity index (χ1) is 13.8. The maximum Gasteiger partial charge on any atom is 0.337 e. The van der Waals surface area contributed by atoms with Gasteiger partial charge in [0, 0.05) is 17.2 Å². The Morgan fingerprint density at radius 2 is 1.83 bits per heavy atom. The highest BCUT2D eigenvalue weighted by Gasteiger charge is 2.37. The van der Waals surface area contributed by atoms with Gasteiger partial charge in [-0.25, -0.2) is 9.59 Å². The zero-order chi connectivity index (χ0) is 21.3. The van der Waals surface area contributed by atoms with Crippen molar-refractivity contribution in [1.82, 2.24) is 0 Å². The van der Waals surface area contributed by atoms with Gasteiger partial charge >= 0.3 is 11.9 Å². The number of hydrogen-bond donors (Lipinski definition) is 3. The Balaban J connectivity index is 2.20. The van der Waals surface area contributed by atoms with Crippen molar-refractivity contribution >= 4 is 39.9 Å². The fourth-order valence-corrected chi connectivity index (χ4v) is 4.43. The molecule has 1 aromatic carbocycles. The van der Waals surface area contributed by atoms with E-state index in [1.54, 1.807) is 38.1 Å². The molecule has 0 aliphatic carbocycles. The number of ether oxygens (including phenoxy) is 2. The Bertz CT molecular complexity index is 1020. The minimum absolute atomic E-state index is 0.210. The summed E-state index contributed by atoms with van der Waals surface area (Å²) >= 11 is 1.14. The molecular weight excluding hydrogens is 394 g/mol. The molecule has 1 aliphatic heterocycles. The van der Waals surface area contributed by atoms with Gasteiger partial charge in [-0.15, -0.1) is 11.3 Å². The van der Waals surface area contributed by atoms with Gasteiger partial charge in [0.15, 0.2) is 0 Å². The number of nitrogens with two attached hydrogens (primary N) is 2. The second kappa shape index (κ2) is 7.96. The van der Waals surface area contributed by atoms with E-state index < -0.39 is 23.8 Å². The van der Waals surface area contributed by atoms with Crippen LogP contribution in [0.4, 0.5) is 10.7 Å².